The minimum absolute atomic E-state index is 0.0448. The van der Waals surface area contributed by atoms with Gasteiger partial charge in [-0.3, -0.25) is 9.59 Å². The van der Waals surface area contributed by atoms with E-state index in [1.165, 1.54) is 19.1 Å². The normalized spacial score (nSPS) is 12.1. The highest BCUT2D eigenvalue weighted by atomic mass is 16.5. The van der Waals surface area contributed by atoms with E-state index >= 15 is 0 Å². The second-order valence-corrected chi connectivity index (χ2v) is 4.92. The Kier molecular flexibility index (Phi) is 11.2. The largest absolute Gasteiger partial charge is 0.463 e. The van der Waals surface area contributed by atoms with Crippen molar-refractivity contribution < 1.29 is 23.9 Å². The fourth-order valence-corrected chi connectivity index (χ4v) is 1.86. The molecule has 0 aromatic carbocycles. The molecular formula is C16H26O5. The lowest BCUT2D eigenvalue weighted by molar-refractivity contribution is -0.145. The van der Waals surface area contributed by atoms with Crippen molar-refractivity contribution in [1.82, 2.24) is 0 Å². The maximum atomic E-state index is 11.5. The number of unbranched alkanes of at least 4 members (excludes halogenated alkanes) is 3. The van der Waals surface area contributed by atoms with Crippen molar-refractivity contribution in [2.24, 2.45) is 0 Å². The predicted octanol–water partition coefficient (Wildman–Crippen LogP) is 2.97. The molecule has 1 unspecified atom stereocenters. The molecule has 0 aromatic heterocycles. The zero-order chi connectivity index (χ0) is 16.1. The summed E-state index contributed by atoms with van der Waals surface area (Å²) in [5, 5.41) is 0. The average molecular weight is 298 g/mol. The Hall–Kier alpha value is -1.65. The fourth-order valence-electron chi connectivity index (χ4n) is 1.86. The Labute approximate surface area is 126 Å². The minimum Gasteiger partial charge on any atom is -0.463 e. The van der Waals surface area contributed by atoms with E-state index in [1.807, 2.05) is 6.92 Å². The van der Waals surface area contributed by atoms with Crippen LogP contribution in [0.15, 0.2) is 12.2 Å². The van der Waals surface area contributed by atoms with Crippen molar-refractivity contribution in [3.63, 3.8) is 0 Å². The number of esters is 2. The number of allylic oxidation sites excluding steroid dienone is 1. The van der Waals surface area contributed by atoms with Gasteiger partial charge in [-0.1, -0.05) is 12.8 Å². The second-order valence-electron chi connectivity index (χ2n) is 4.92. The van der Waals surface area contributed by atoms with E-state index in [-0.39, 0.29) is 17.9 Å². The molecule has 5 heteroatoms. The summed E-state index contributed by atoms with van der Waals surface area (Å²) in [6, 6.07) is 0. The summed E-state index contributed by atoms with van der Waals surface area (Å²) in [6.07, 6.45) is 7.41. The summed E-state index contributed by atoms with van der Waals surface area (Å²) >= 11 is 0. The smallest absolute Gasteiger partial charge is 0.330 e. The van der Waals surface area contributed by atoms with Gasteiger partial charge in [0, 0.05) is 19.4 Å². The summed E-state index contributed by atoms with van der Waals surface area (Å²) in [5.74, 6) is -0.789. The topological polar surface area (TPSA) is 69.7 Å². The fraction of sp³-hybridized carbons (Fsp3) is 0.688. The van der Waals surface area contributed by atoms with Crippen molar-refractivity contribution in [1.29, 1.82) is 0 Å². The van der Waals surface area contributed by atoms with Gasteiger partial charge in [0.05, 0.1) is 12.7 Å². The number of carbonyl (C=O) groups is 3. The predicted molar refractivity (Wildman–Crippen MR) is 79.7 cm³/mol. The molecule has 0 rings (SSSR count). The highest BCUT2D eigenvalue weighted by Gasteiger charge is 2.05. The van der Waals surface area contributed by atoms with E-state index < -0.39 is 5.97 Å². The first-order valence-corrected chi connectivity index (χ1v) is 7.50. The molecule has 0 bridgehead atoms. The molecule has 1 atom stereocenters. The monoisotopic (exact) mass is 298 g/mol. The van der Waals surface area contributed by atoms with Crippen LogP contribution in [0.5, 0.6) is 0 Å². The molecule has 0 saturated heterocycles. The summed E-state index contributed by atoms with van der Waals surface area (Å²) in [7, 11) is 0. The van der Waals surface area contributed by atoms with Crippen LogP contribution in [0.4, 0.5) is 0 Å². The Morgan fingerprint density at radius 2 is 1.71 bits per heavy atom. The Bertz CT molecular complexity index is 360. The average Bonchev–Trinajstić information content (AvgIpc) is 2.40. The molecule has 0 heterocycles. The maximum absolute atomic E-state index is 11.5. The van der Waals surface area contributed by atoms with E-state index in [9.17, 15) is 14.4 Å². The summed E-state index contributed by atoms with van der Waals surface area (Å²) in [4.78, 5) is 33.2. The third-order valence-electron chi connectivity index (χ3n) is 2.84. The van der Waals surface area contributed by atoms with Crippen LogP contribution in [0, 0.1) is 0 Å². The van der Waals surface area contributed by atoms with Gasteiger partial charge in [-0.15, -0.1) is 0 Å². The lowest BCUT2D eigenvalue weighted by atomic mass is 10.1. The van der Waals surface area contributed by atoms with Crippen molar-refractivity contribution in [2.45, 2.75) is 65.4 Å². The number of hydrogen-bond donors (Lipinski definition) is 0. The Morgan fingerprint density at radius 1 is 1.05 bits per heavy atom. The molecule has 0 N–H and O–H groups in total. The van der Waals surface area contributed by atoms with Crippen LogP contribution in [0.25, 0.3) is 0 Å². The molecule has 120 valence electrons. The molecule has 0 amide bonds. The first-order valence-electron chi connectivity index (χ1n) is 7.50. The second kappa shape index (κ2) is 12.1. The van der Waals surface area contributed by atoms with Crippen LogP contribution in [-0.4, -0.2) is 30.4 Å². The first kappa shape index (κ1) is 19.4. The van der Waals surface area contributed by atoms with E-state index in [1.54, 1.807) is 6.92 Å². The van der Waals surface area contributed by atoms with Crippen LogP contribution in [0.2, 0.25) is 0 Å². The molecule has 0 radical (unpaired) electrons. The van der Waals surface area contributed by atoms with Gasteiger partial charge >= 0.3 is 11.9 Å². The van der Waals surface area contributed by atoms with Gasteiger partial charge in [0.1, 0.15) is 0 Å². The van der Waals surface area contributed by atoms with Gasteiger partial charge in [0.15, 0.2) is 5.78 Å². The van der Waals surface area contributed by atoms with Crippen LogP contribution in [0.3, 0.4) is 0 Å². The van der Waals surface area contributed by atoms with Gasteiger partial charge in [0.2, 0.25) is 0 Å². The highest BCUT2D eigenvalue weighted by Crippen LogP contribution is 2.09. The summed E-state index contributed by atoms with van der Waals surface area (Å²) in [5.41, 5.74) is 0. The van der Waals surface area contributed by atoms with Crippen molar-refractivity contribution in [2.75, 3.05) is 6.61 Å². The summed E-state index contributed by atoms with van der Waals surface area (Å²) in [6.45, 7) is 5.32. The third kappa shape index (κ3) is 13.1. The number of hydrogen-bond acceptors (Lipinski definition) is 5. The standard InChI is InChI=1S/C16H26O5/c1-4-20-16(19)12-11-15(18)10-8-6-5-7-9-13(2)21-14(3)17/h11-13H,4-10H2,1-3H3/b12-11+. The van der Waals surface area contributed by atoms with E-state index in [4.69, 9.17) is 4.74 Å². The van der Waals surface area contributed by atoms with Crippen LogP contribution in [0.1, 0.15) is 59.3 Å². The number of rotatable bonds is 11. The molecule has 21 heavy (non-hydrogen) atoms. The maximum Gasteiger partial charge on any atom is 0.330 e. The van der Waals surface area contributed by atoms with Gasteiger partial charge in [-0.2, -0.15) is 0 Å². The lowest BCUT2D eigenvalue weighted by Gasteiger charge is -2.10. The van der Waals surface area contributed by atoms with E-state index in [0.717, 1.165) is 32.1 Å². The minimum atomic E-state index is -0.481. The Morgan fingerprint density at radius 3 is 2.33 bits per heavy atom. The Balaban J connectivity index is 3.56. The van der Waals surface area contributed by atoms with Crippen LogP contribution >= 0.6 is 0 Å². The third-order valence-corrected chi connectivity index (χ3v) is 2.84. The highest BCUT2D eigenvalue weighted by molar-refractivity contribution is 5.95. The van der Waals surface area contributed by atoms with Crippen molar-refractivity contribution in [3.8, 4) is 0 Å². The van der Waals surface area contributed by atoms with Gasteiger partial charge < -0.3 is 9.47 Å². The van der Waals surface area contributed by atoms with Crippen molar-refractivity contribution >= 4 is 17.7 Å². The molecule has 0 aliphatic carbocycles. The van der Waals surface area contributed by atoms with E-state index in [0.29, 0.717) is 13.0 Å². The molecule has 0 saturated carbocycles. The summed E-state index contributed by atoms with van der Waals surface area (Å²) < 4.78 is 9.71. The van der Waals surface area contributed by atoms with Gasteiger partial charge in [-0.05, 0) is 39.2 Å². The number of ether oxygens (including phenoxy) is 2. The lowest BCUT2D eigenvalue weighted by Crippen LogP contribution is -2.11. The molecule has 0 aliphatic heterocycles. The van der Waals surface area contributed by atoms with Crippen molar-refractivity contribution in [3.05, 3.63) is 12.2 Å². The van der Waals surface area contributed by atoms with Gasteiger partial charge in [0.25, 0.3) is 0 Å². The van der Waals surface area contributed by atoms with Gasteiger partial charge in [-0.25, -0.2) is 4.79 Å². The quantitative estimate of drug-likeness (QED) is 0.333. The first-order chi connectivity index (χ1) is 9.95. The van der Waals surface area contributed by atoms with Crippen LogP contribution in [-0.2, 0) is 23.9 Å². The molecule has 5 nitrogen and oxygen atoms in total. The molecule has 0 aromatic rings. The zero-order valence-electron chi connectivity index (χ0n) is 13.2. The molecular weight excluding hydrogens is 272 g/mol. The SMILES string of the molecule is CCOC(=O)/C=C/C(=O)CCCCCCC(C)OC(C)=O. The number of ketones is 1. The molecule has 0 fully saturated rings. The molecule has 0 spiro atoms. The number of carbonyl (C=O) groups excluding carboxylic acids is 3. The van der Waals surface area contributed by atoms with E-state index in [2.05, 4.69) is 4.74 Å². The van der Waals surface area contributed by atoms with Crippen LogP contribution < -0.4 is 0 Å². The zero-order valence-corrected chi connectivity index (χ0v) is 13.2. The molecule has 0 aliphatic rings.